The smallest absolute Gasteiger partial charge is 0.264 e. The molecular formula is C11H8N4O2S3. The minimum absolute atomic E-state index is 0.197. The van der Waals surface area contributed by atoms with Crippen molar-refractivity contribution < 1.29 is 9.21 Å². The number of carbonyl (C=O) groups is 1. The Balaban J connectivity index is 1.72. The Morgan fingerprint density at radius 1 is 1.30 bits per heavy atom. The van der Waals surface area contributed by atoms with Crippen LogP contribution in [0.2, 0.25) is 0 Å². The molecule has 6 nitrogen and oxygen atoms in total. The van der Waals surface area contributed by atoms with Crippen molar-refractivity contribution in [3.63, 3.8) is 0 Å². The number of rotatable bonds is 5. The van der Waals surface area contributed by atoms with Gasteiger partial charge < -0.3 is 10.2 Å². The number of primary amides is 1. The van der Waals surface area contributed by atoms with Crippen molar-refractivity contribution in [2.75, 3.05) is 5.75 Å². The second kappa shape index (κ2) is 5.81. The van der Waals surface area contributed by atoms with Crippen molar-refractivity contribution in [1.82, 2.24) is 15.2 Å². The maximum absolute atomic E-state index is 10.7. The Morgan fingerprint density at radius 2 is 2.10 bits per heavy atom. The van der Waals surface area contributed by atoms with Crippen LogP contribution in [0, 0.1) is 0 Å². The number of hydrogen-bond acceptors (Lipinski definition) is 8. The first kappa shape index (κ1) is 13.4. The van der Waals surface area contributed by atoms with Crippen molar-refractivity contribution in [1.29, 1.82) is 0 Å². The molecule has 0 fully saturated rings. The molecule has 2 N–H and O–H groups in total. The van der Waals surface area contributed by atoms with Crippen molar-refractivity contribution in [2.24, 2.45) is 5.73 Å². The summed E-state index contributed by atoms with van der Waals surface area (Å²) in [6, 6.07) is 7.55. The van der Waals surface area contributed by atoms with Gasteiger partial charge in [0.2, 0.25) is 5.91 Å². The number of carbonyl (C=O) groups excluding carboxylic acids is 1. The molecule has 0 spiro atoms. The maximum atomic E-state index is 10.7. The average Bonchev–Trinajstić information content (AvgIpc) is 3.02. The third-order valence-corrected chi connectivity index (χ3v) is 5.15. The lowest BCUT2D eigenvalue weighted by atomic mass is 10.3. The van der Waals surface area contributed by atoms with Crippen molar-refractivity contribution in [3.8, 4) is 0 Å². The van der Waals surface area contributed by atoms with Gasteiger partial charge >= 0.3 is 0 Å². The van der Waals surface area contributed by atoms with Gasteiger partial charge in [-0.15, -0.1) is 10.2 Å². The molecule has 0 atom stereocenters. The fourth-order valence-electron chi connectivity index (χ4n) is 1.40. The summed E-state index contributed by atoms with van der Waals surface area (Å²) in [6.45, 7) is 0. The molecule has 0 saturated heterocycles. The molecule has 0 aliphatic heterocycles. The van der Waals surface area contributed by atoms with Crippen LogP contribution in [0.15, 0.2) is 42.6 Å². The van der Waals surface area contributed by atoms with E-state index >= 15 is 0 Å². The van der Waals surface area contributed by atoms with E-state index in [1.807, 2.05) is 24.3 Å². The van der Waals surface area contributed by atoms with E-state index in [1.54, 1.807) is 0 Å². The van der Waals surface area contributed by atoms with Crippen molar-refractivity contribution >= 4 is 51.9 Å². The number of nitrogens with zero attached hydrogens (tertiary/aromatic N) is 3. The molecule has 1 aromatic carbocycles. The minimum Gasteiger partial charge on any atom is -0.431 e. The van der Waals surface area contributed by atoms with E-state index in [9.17, 15) is 4.79 Å². The molecule has 0 aliphatic rings. The molecule has 0 saturated carbocycles. The second-order valence-corrected chi connectivity index (χ2v) is 7.04. The lowest BCUT2D eigenvalue weighted by molar-refractivity contribution is -0.115. The van der Waals surface area contributed by atoms with Crippen molar-refractivity contribution in [3.05, 3.63) is 24.3 Å². The molecule has 20 heavy (non-hydrogen) atoms. The molecule has 0 aliphatic carbocycles. The Labute approximate surface area is 126 Å². The van der Waals surface area contributed by atoms with E-state index in [4.69, 9.17) is 10.2 Å². The number of nitrogens with two attached hydrogens (primary N) is 1. The van der Waals surface area contributed by atoms with Crippen LogP contribution in [0.25, 0.3) is 11.1 Å². The summed E-state index contributed by atoms with van der Waals surface area (Å²) in [5, 5.41) is 8.51. The first-order valence-corrected chi connectivity index (χ1v) is 8.10. The summed E-state index contributed by atoms with van der Waals surface area (Å²) in [5.41, 5.74) is 6.63. The van der Waals surface area contributed by atoms with Crippen LogP contribution in [-0.2, 0) is 4.79 Å². The van der Waals surface area contributed by atoms with Crippen LogP contribution < -0.4 is 5.73 Å². The van der Waals surface area contributed by atoms with Crippen molar-refractivity contribution in [2.45, 2.75) is 13.9 Å². The Hall–Kier alpha value is -1.58. The monoisotopic (exact) mass is 324 g/mol. The highest BCUT2D eigenvalue weighted by Crippen LogP contribution is 2.34. The highest BCUT2D eigenvalue weighted by Gasteiger charge is 2.12. The Morgan fingerprint density at radius 3 is 2.90 bits per heavy atom. The maximum Gasteiger partial charge on any atom is 0.264 e. The molecule has 1 amide bonds. The van der Waals surface area contributed by atoms with E-state index < -0.39 is 0 Å². The predicted molar refractivity (Wildman–Crippen MR) is 78.0 cm³/mol. The van der Waals surface area contributed by atoms with Gasteiger partial charge in [-0.1, -0.05) is 35.2 Å². The zero-order chi connectivity index (χ0) is 13.9. The minimum atomic E-state index is -0.377. The summed E-state index contributed by atoms with van der Waals surface area (Å²) in [6.07, 6.45) is 0. The number of benzene rings is 1. The molecule has 102 valence electrons. The lowest BCUT2D eigenvalue weighted by Crippen LogP contribution is -2.12. The van der Waals surface area contributed by atoms with Crippen LogP contribution >= 0.6 is 34.9 Å². The third-order valence-electron chi connectivity index (χ3n) is 2.17. The zero-order valence-electron chi connectivity index (χ0n) is 9.98. The van der Waals surface area contributed by atoms with Gasteiger partial charge in [0.15, 0.2) is 14.3 Å². The van der Waals surface area contributed by atoms with Gasteiger partial charge in [-0.05, 0) is 12.1 Å². The van der Waals surface area contributed by atoms with E-state index in [2.05, 4.69) is 15.2 Å². The van der Waals surface area contributed by atoms with Crippen LogP contribution in [0.5, 0.6) is 0 Å². The first-order chi connectivity index (χ1) is 9.70. The van der Waals surface area contributed by atoms with Gasteiger partial charge in [0.05, 0.1) is 5.75 Å². The number of fused-ring (bicyclic) bond motifs is 1. The molecule has 0 bridgehead atoms. The van der Waals surface area contributed by atoms with Gasteiger partial charge in [-0.25, -0.2) is 4.98 Å². The van der Waals surface area contributed by atoms with Gasteiger partial charge in [0, 0.05) is 11.8 Å². The van der Waals surface area contributed by atoms with Crippen LogP contribution in [0.4, 0.5) is 0 Å². The summed E-state index contributed by atoms with van der Waals surface area (Å²) in [4.78, 5) is 15.0. The van der Waals surface area contributed by atoms with E-state index in [0.29, 0.717) is 13.9 Å². The van der Waals surface area contributed by atoms with Gasteiger partial charge in [0.25, 0.3) is 5.22 Å². The van der Waals surface area contributed by atoms with E-state index in [0.717, 1.165) is 11.1 Å². The fraction of sp³-hybridized carbons (Fsp3) is 0.0909. The van der Waals surface area contributed by atoms with E-state index in [-0.39, 0.29) is 11.7 Å². The third kappa shape index (κ3) is 3.11. The number of amides is 1. The highest BCUT2D eigenvalue weighted by molar-refractivity contribution is 8.03. The summed E-state index contributed by atoms with van der Waals surface area (Å²) >= 11 is 3.95. The molecule has 2 heterocycles. The van der Waals surface area contributed by atoms with Crippen LogP contribution in [0.1, 0.15) is 0 Å². The number of oxazole rings is 1. The fourth-order valence-corrected chi connectivity index (χ4v) is 4.01. The summed E-state index contributed by atoms with van der Waals surface area (Å²) in [7, 11) is 0. The number of thioether (sulfide) groups is 1. The quantitative estimate of drug-likeness (QED) is 0.720. The first-order valence-electron chi connectivity index (χ1n) is 5.49. The van der Waals surface area contributed by atoms with Crippen LogP contribution in [0.3, 0.4) is 0 Å². The molecule has 0 radical (unpaired) electrons. The standard InChI is InChI=1S/C11H8N4O2S3/c12-8(16)5-18-10-14-15-11(20-10)19-9-13-6-3-1-2-4-7(6)17-9/h1-4H,5H2,(H2,12,16). The SMILES string of the molecule is NC(=O)CSc1nnc(Sc2nc3ccccc3o2)s1. The number of hydrogen-bond donors (Lipinski definition) is 1. The average molecular weight is 324 g/mol. The number of para-hydroxylation sites is 2. The molecular weight excluding hydrogens is 316 g/mol. The molecule has 0 unspecified atom stereocenters. The van der Waals surface area contributed by atoms with Gasteiger partial charge in [0.1, 0.15) is 5.52 Å². The molecule has 3 rings (SSSR count). The number of aromatic nitrogens is 3. The Bertz CT molecular complexity index is 722. The highest BCUT2D eigenvalue weighted by atomic mass is 32.2. The lowest BCUT2D eigenvalue weighted by Gasteiger charge is -1.89. The topological polar surface area (TPSA) is 94.9 Å². The molecule has 2 aromatic heterocycles. The van der Waals surface area contributed by atoms with Gasteiger partial charge in [-0.3, -0.25) is 4.79 Å². The zero-order valence-corrected chi connectivity index (χ0v) is 12.4. The van der Waals surface area contributed by atoms with Gasteiger partial charge in [-0.2, -0.15) is 0 Å². The molecule has 9 heteroatoms. The van der Waals surface area contributed by atoms with Crippen LogP contribution in [-0.4, -0.2) is 26.8 Å². The molecule has 3 aromatic rings. The Kier molecular flexibility index (Phi) is 3.90. The second-order valence-electron chi connectivity index (χ2n) is 3.64. The normalized spacial score (nSPS) is 11.0. The summed E-state index contributed by atoms with van der Waals surface area (Å²) in [5.74, 6) is -0.180. The predicted octanol–water partition coefficient (Wildman–Crippen LogP) is 2.41. The summed E-state index contributed by atoms with van der Waals surface area (Å²) < 4.78 is 7.00. The van der Waals surface area contributed by atoms with E-state index in [1.165, 1.54) is 34.9 Å². The largest absolute Gasteiger partial charge is 0.431 e.